The zero-order valence-corrected chi connectivity index (χ0v) is 36.0. The first-order valence-electron chi connectivity index (χ1n) is 20.3. The number of aliphatic hydroxyl groups is 5. The highest BCUT2D eigenvalue weighted by Gasteiger charge is 2.52. The summed E-state index contributed by atoms with van der Waals surface area (Å²) >= 11 is 0. The number of esters is 1. The van der Waals surface area contributed by atoms with Crippen molar-refractivity contribution >= 4 is 5.97 Å². The zero-order chi connectivity index (χ0) is 41.8. The Bertz CT molecular complexity index is 1240. The van der Waals surface area contributed by atoms with E-state index in [0.29, 0.717) is 19.5 Å². The lowest BCUT2D eigenvalue weighted by molar-refractivity contribution is -0.318. The number of nitrogens with zero attached hydrogens (tertiary/aromatic N) is 2. The predicted octanol–water partition coefficient (Wildman–Crippen LogP) is 2.85. The molecule has 14 nitrogen and oxygen atoms in total. The number of hydrogen-bond donors (Lipinski definition) is 5. The molecule has 3 rings (SSSR count). The lowest BCUT2D eigenvalue weighted by Gasteiger charge is -2.49. The summed E-state index contributed by atoms with van der Waals surface area (Å²) in [5, 5.41) is 58.7. The monoisotopic (exact) mass is 789 g/mol. The van der Waals surface area contributed by atoms with Gasteiger partial charge in [0, 0.05) is 44.6 Å². The fourth-order valence-electron chi connectivity index (χ4n) is 9.07. The first kappa shape index (κ1) is 48.1. The minimum absolute atomic E-state index is 0.129. The fourth-order valence-corrected chi connectivity index (χ4v) is 9.07. The van der Waals surface area contributed by atoms with Crippen molar-refractivity contribution in [1.82, 2.24) is 9.80 Å². The molecule has 0 spiro atoms. The highest BCUT2D eigenvalue weighted by atomic mass is 16.7. The third-order valence-corrected chi connectivity index (χ3v) is 12.7. The number of carbonyl (C=O) groups is 1. The van der Waals surface area contributed by atoms with Gasteiger partial charge in [0.25, 0.3) is 0 Å². The van der Waals surface area contributed by atoms with Crippen molar-refractivity contribution in [2.45, 2.75) is 192 Å². The summed E-state index contributed by atoms with van der Waals surface area (Å²) in [5.74, 6) is -2.62. The third-order valence-electron chi connectivity index (χ3n) is 12.7. The number of rotatable bonds is 9. The van der Waals surface area contributed by atoms with Crippen LogP contribution < -0.4 is 0 Å². The fraction of sp³-hybridized carbons (Fsp3) is 0.927. The topological polar surface area (TPSA) is 180 Å². The van der Waals surface area contributed by atoms with Crippen LogP contribution in [0.5, 0.6) is 0 Å². The van der Waals surface area contributed by atoms with E-state index in [1.807, 2.05) is 58.8 Å². The Morgan fingerprint density at radius 1 is 0.982 bits per heavy atom. The molecule has 0 amide bonds. The molecular formula is C41H76N2O12. The van der Waals surface area contributed by atoms with E-state index in [4.69, 9.17) is 28.4 Å². The van der Waals surface area contributed by atoms with Crippen LogP contribution in [0.1, 0.15) is 102 Å². The lowest BCUT2D eigenvalue weighted by Crippen LogP contribution is -2.60. The van der Waals surface area contributed by atoms with Crippen LogP contribution in [-0.4, -0.2) is 166 Å². The Hall–Kier alpha value is -1.27. The average Bonchev–Trinajstić information content (AvgIpc) is 3.11. The van der Waals surface area contributed by atoms with Crippen molar-refractivity contribution < 1.29 is 58.7 Å². The van der Waals surface area contributed by atoms with Crippen molar-refractivity contribution in [2.24, 2.45) is 17.8 Å². The van der Waals surface area contributed by atoms with Gasteiger partial charge >= 0.3 is 5.97 Å². The van der Waals surface area contributed by atoms with Crippen LogP contribution in [0.15, 0.2) is 12.2 Å². The summed E-state index contributed by atoms with van der Waals surface area (Å²) in [4.78, 5) is 18.3. The molecule has 0 aliphatic carbocycles. The molecule has 3 heterocycles. The molecule has 0 radical (unpaired) electrons. The molecule has 0 aromatic carbocycles. The molecule has 18 atom stereocenters. The molecule has 0 saturated carbocycles. The maximum absolute atomic E-state index is 14.3. The van der Waals surface area contributed by atoms with Crippen LogP contribution in [0, 0.1) is 17.8 Å². The Morgan fingerprint density at radius 2 is 1.62 bits per heavy atom. The molecule has 3 fully saturated rings. The molecule has 0 aromatic heterocycles. The lowest BCUT2D eigenvalue weighted by atomic mass is 9.77. The van der Waals surface area contributed by atoms with E-state index in [0.717, 1.165) is 0 Å². The molecule has 3 saturated heterocycles. The number of ether oxygens (including phenoxy) is 6. The second-order valence-electron chi connectivity index (χ2n) is 17.7. The van der Waals surface area contributed by atoms with E-state index in [1.54, 1.807) is 41.5 Å². The third kappa shape index (κ3) is 11.3. The number of likely N-dealkylation sites (N-methyl/N-ethyl adjacent to an activating group) is 2. The van der Waals surface area contributed by atoms with E-state index < -0.39 is 96.0 Å². The Balaban J connectivity index is 2.18. The largest absolute Gasteiger partial charge is 0.459 e. The molecule has 0 unspecified atom stereocenters. The molecule has 5 N–H and O–H groups in total. The van der Waals surface area contributed by atoms with Gasteiger partial charge in [-0.1, -0.05) is 32.9 Å². The molecule has 322 valence electrons. The summed E-state index contributed by atoms with van der Waals surface area (Å²) in [6.45, 7) is 20.6. The van der Waals surface area contributed by atoms with Gasteiger partial charge in [0.2, 0.25) is 0 Å². The molecule has 3 aliphatic heterocycles. The van der Waals surface area contributed by atoms with Gasteiger partial charge in [-0.15, -0.1) is 0 Å². The minimum atomic E-state index is -1.81. The number of allylic oxidation sites excluding steroid dienone is 1. The highest BCUT2D eigenvalue weighted by Crippen LogP contribution is 2.40. The summed E-state index contributed by atoms with van der Waals surface area (Å²) in [5.41, 5.74) is -4.40. The Morgan fingerprint density at radius 3 is 2.20 bits per heavy atom. The number of hydrogen-bond acceptors (Lipinski definition) is 14. The highest BCUT2D eigenvalue weighted by molar-refractivity contribution is 5.73. The van der Waals surface area contributed by atoms with E-state index in [9.17, 15) is 30.3 Å². The zero-order valence-electron chi connectivity index (χ0n) is 36.0. The molecule has 0 aromatic rings. The van der Waals surface area contributed by atoms with E-state index in [2.05, 4.69) is 4.90 Å². The molecule has 55 heavy (non-hydrogen) atoms. The maximum Gasteiger partial charge on any atom is 0.311 e. The molecule has 14 heteroatoms. The van der Waals surface area contributed by atoms with E-state index >= 15 is 0 Å². The smallest absolute Gasteiger partial charge is 0.311 e. The summed E-state index contributed by atoms with van der Waals surface area (Å²) in [6, 6.07) is -0.845. The van der Waals surface area contributed by atoms with Crippen LogP contribution in [0.3, 0.4) is 0 Å². The molecular weight excluding hydrogens is 712 g/mol. The second-order valence-corrected chi connectivity index (χ2v) is 17.7. The van der Waals surface area contributed by atoms with Crippen molar-refractivity contribution in [3.8, 4) is 0 Å². The van der Waals surface area contributed by atoms with Gasteiger partial charge in [-0.25, -0.2) is 0 Å². The van der Waals surface area contributed by atoms with Gasteiger partial charge in [-0.05, 0) is 94.7 Å². The normalized spacial score (nSPS) is 47.7. The van der Waals surface area contributed by atoms with E-state index in [-0.39, 0.29) is 37.3 Å². The number of carbonyl (C=O) groups excluding carboxylic acids is 1. The van der Waals surface area contributed by atoms with Crippen molar-refractivity contribution in [2.75, 3.05) is 34.3 Å². The van der Waals surface area contributed by atoms with E-state index in [1.165, 1.54) is 14.0 Å². The standard InChI is InChI=1S/C41H76N2O12/c1-15-17-18-42(12)29-19-24(4)51-38(32(29)44)55-36-25(5)33(54-31-21-40(10,50-14)35(46)28(8)52-31)26(6)37(47)53-30(16-2)41(11,49)34(45)27(7)43(13)22-23(3)20-39(36,9)48/h15,17,23-36,38,44-46,48-49H,16,18-22H2,1-14H3/t23-,24-,25+,26-,27-,28+,29+,30-,31+,32-,33+,34-,35+,36-,38+,39-,40-,41-/m1/s1. The summed E-state index contributed by atoms with van der Waals surface area (Å²) < 4.78 is 37.8. The number of cyclic esters (lactones) is 1. The maximum atomic E-state index is 14.3. The van der Waals surface area contributed by atoms with Gasteiger partial charge in [-0.3, -0.25) is 9.69 Å². The predicted molar refractivity (Wildman–Crippen MR) is 208 cm³/mol. The first-order valence-corrected chi connectivity index (χ1v) is 20.3. The Kier molecular flexibility index (Phi) is 17.2. The molecule has 3 aliphatic rings. The summed E-state index contributed by atoms with van der Waals surface area (Å²) in [7, 11) is 5.29. The second kappa shape index (κ2) is 19.7. The summed E-state index contributed by atoms with van der Waals surface area (Å²) in [6.07, 6.45) is -4.37. The van der Waals surface area contributed by atoms with Gasteiger partial charge < -0.3 is 58.9 Å². The van der Waals surface area contributed by atoms with Crippen molar-refractivity contribution in [3.63, 3.8) is 0 Å². The SMILES string of the molecule is CC=CCN(C)[C@H]1C[C@@H](C)O[C@@H](O[C@@H]2[C@@H](C)[C@H](O[C@H]3C[C@@](C)(OC)[C@@H](O)[C@H](C)O3)[C@@H](C)C(=O)O[C@H](CC)[C@@](C)(O)[C@H](O)[C@@H](C)N(C)C[C@H](C)C[C@@]2(C)O)[C@@H]1O. The Labute approximate surface area is 330 Å². The number of aliphatic hydroxyl groups excluding tert-OH is 3. The van der Waals surface area contributed by atoms with Crippen LogP contribution in [0.25, 0.3) is 0 Å². The van der Waals surface area contributed by atoms with Crippen LogP contribution >= 0.6 is 0 Å². The van der Waals surface area contributed by atoms with Gasteiger partial charge in [0.15, 0.2) is 12.6 Å². The van der Waals surface area contributed by atoms with Gasteiger partial charge in [-0.2, -0.15) is 0 Å². The minimum Gasteiger partial charge on any atom is -0.459 e. The van der Waals surface area contributed by atoms with Gasteiger partial charge in [0.05, 0.1) is 41.5 Å². The first-order chi connectivity index (χ1) is 25.4. The van der Waals surface area contributed by atoms with Crippen molar-refractivity contribution in [1.29, 1.82) is 0 Å². The van der Waals surface area contributed by atoms with Crippen LogP contribution in [0.4, 0.5) is 0 Å². The van der Waals surface area contributed by atoms with Gasteiger partial charge in [0.1, 0.15) is 30.0 Å². The number of methoxy groups -OCH3 is 1. The molecule has 0 bridgehead atoms. The van der Waals surface area contributed by atoms with Crippen LogP contribution in [0.2, 0.25) is 0 Å². The van der Waals surface area contributed by atoms with Crippen LogP contribution in [-0.2, 0) is 33.2 Å². The van der Waals surface area contributed by atoms with Crippen molar-refractivity contribution in [3.05, 3.63) is 12.2 Å². The quantitative estimate of drug-likeness (QED) is 0.170. The average molecular weight is 789 g/mol.